The number of carbonyl (C=O) groups is 1. The van der Waals surface area contributed by atoms with Gasteiger partial charge in [-0.05, 0) is 48.1 Å². The number of fused-ring (bicyclic) bond motifs is 1. The van der Waals surface area contributed by atoms with Gasteiger partial charge < -0.3 is 4.74 Å². The zero-order valence-corrected chi connectivity index (χ0v) is 22.4. The average Bonchev–Trinajstić information content (AvgIpc) is 3.47. The van der Waals surface area contributed by atoms with E-state index in [0.29, 0.717) is 20.8 Å². The molecule has 0 saturated carbocycles. The van der Waals surface area contributed by atoms with Gasteiger partial charge in [-0.3, -0.25) is 4.79 Å². The third-order valence-corrected chi connectivity index (χ3v) is 10.1. The molecule has 5 rings (SSSR count). The number of nitrogens with zero attached hydrogens (tertiary/aromatic N) is 2. The summed E-state index contributed by atoms with van der Waals surface area (Å²) >= 11 is 0. The largest absolute Gasteiger partial charge is 0.487 e. The number of anilines is 1. The Bertz CT molecular complexity index is 1670. The van der Waals surface area contributed by atoms with Crippen LogP contribution in [0.5, 0.6) is 5.75 Å². The summed E-state index contributed by atoms with van der Waals surface area (Å²) in [4.78, 5) is 11.9. The number of carbonyl (C=O) groups excluding carboxylic acids is 1. The summed E-state index contributed by atoms with van der Waals surface area (Å²) in [7, 11) is -7.78. The van der Waals surface area contributed by atoms with Gasteiger partial charge in [0, 0.05) is 18.5 Å². The summed E-state index contributed by atoms with van der Waals surface area (Å²) in [5.41, 5.74) is 1.75. The van der Waals surface area contributed by atoms with Crippen LogP contribution >= 0.6 is 0 Å². The van der Waals surface area contributed by atoms with Gasteiger partial charge in [0.1, 0.15) is 24.6 Å². The van der Waals surface area contributed by atoms with Crippen molar-refractivity contribution in [2.24, 2.45) is 0 Å². The molecule has 200 valence electrons. The van der Waals surface area contributed by atoms with Crippen LogP contribution in [0.25, 0.3) is 16.3 Å². The van der Waals surface area contributed by atoms with Crippen molar-refractivity contribution in [2.45, 2.75) is 25.7 Å². The molecule has 2 heterocycles. The van der Waals surface area contributed by atoms with Crippen LogP contribution in [0.15, 0.2) is 60.7 Å². The van der Waals surface area contributed by atoms with E-state index in [9.17, 15) is 21.6 Å². The molecule has 38 heavy (non-hydrogen) atoms. The van der Waals surface area contributed by atoms with Crippen molar-refractivity contribution in [3.8, 4) is 5.75 Å². The number of hydrogen-bond acceptors (Lipinski definition) is 6. The molecule has 2 aliphatic heterocycles. The predicted octanol–water partition coefficient (Wildman–Crippen LogP) is 3.18. The molecule has 3 aromatic rings. The van der Waals surface area contributed by atoms with Crippen molar-refractivity contribution in [1.82, 2.24) is 9.03 Å². The van der Waals surface area contributed by atoms with Gasteiger partial charge in [-0.2, -0.15) is 12.7 Å². The fourth-order valence-corrected chi connectivity index (χ4v) is 6.83. The summed E-state index contributed by atoms with van der Waals surface area (Å²) in [6, 6.07) is 15.7. The Morgan fingerprint density at radius 3 is 2.47 bits per heavy atom. The van der Waals surface area contributed by atoms with Crippen LogP contribution in [0.2, 0.25) is 0 Å². The third-order valence-electron chi connectivity index (χ3n) is 6.54. The van der Waals surface area contributed by atoms with Crippen LogP contribution in [-0.2, 0) is 31.6 Å². The standard InChI is InChI=1S/C26H26FN3O6S2/c1-17(2)37(32,33)29-11-10-21(14-29)19-8-9-20-13-23(36-16-18-6-4-3-5-7-18)26(25(27)22(20)12-19)30-15-24(31)28-38(30,34)35/h3-10,12-13,17H,11,14-16H2,1-2H3,(H,28,31). The number of sulfonamides is 1. The van der Waals surface area contributed by atoms with E-state index in [1.807, 2.05) is 35.1 Å². The maximum Gasteiger partial charge on any atom is 0.326 e. The van der Waals surface area contributed by atoms with Crippen molar-refractivity contribution >= 4 is 48.2 Å². The van der Waals surface area contributed by atoms with Crippen molar-refractivity contribution in [3.05, 3.63) is 77.6 Å². The second-order valence-electron chi connectivity index (χ2n) is 9.40. The monoisotopic (exact) mass is 559 g/mol. The second kappa shape index (κ2) is 9.68. The lowest BCUT2D eigenvalue weighted by molar-refractivity contribution is -0.117. The quantitative estimate of drug-likeness (QED) is 0.476. The van der Waals surface area contributed by atoms with Crippen LogP contribution in [0.4, 0.5) is 10.1 Å². The molecule has 0 bridgehead atoms. The van der Waals surface area contributed by atoms with Crippen LogP contribution < -0.4 is 13.8 Å². The van der Waals surface area contributed by atoms with Gasteiger partial charge in [-0.25, -0.2) is 21.8 Å². The normalized spacial score (nSPS) is 17.7. The number of halogens is 1. The van der Waals surface area contributed by atoms with E-state index in [2.05, 4.69) is 0 Å². The van der Waals surface area contributed by atoms with E-state index in [1.165, 1.54) is 10.4 Å². The molecular formula is C26H26FN3O6S2. The molecule has 0 atom stereocenters. The Morgan fingerprint density at radius 2 is 1.82 bits per heavy atom. The number of nitrogens with one attached hydrogen (secondary N) is 1. The molecule has 1 saturated heterocycles. The molecule has 3 aromatic carbocycles. The molecule has 0 radical (unpaired) electrons. The summed E-state index contributed by atoms with van der Waals surface area (Å²) in [6.45, 7) is 3.07. The highest BCUT2D eigenvalue weighted by molar-refractivity contribution is 7.92. The smallest absolute Gasteiger partial charge is 0.326 e. The molecule has 1 fully saturated rings. The Balaban J connectivity index is 1.57. The van der Waals surface area contributed by atoms with Gasteiger partial charge in [0.05, 0.1) is 5.25 Å². The topological polar surface area (TPSA) is 113 Å². The summed E-state index contributed by atoms with van der Waals surface area (Å²) in [6.07, 6.45) is 1.78. The van der Waals surface area contributed by atoms with Gasteiger partial charge in [-0.15, -0.1) is 0 Å². The first kappa shape index (κ1) is 26.1. The summed E-state index contributed by atoms with van der Waals surface area (Å²) < 4.78 is 76.4. The molecular weight excluding hydrogens is 533 g/mol. The Hall–Kier alpha value is -3.48. The zero-order chi connectivity index (χ0) is 27.2. The third kappa shape index (κ3) is 4.74. The van der Waals surface area contributed by atoms with Crippen LogP contribution in [0.3, 0.4) is 0 Å². The van der Waals surface area contributed by atoms with Gasteiger partial charge in [-0.1, -0.05) is 48.5 Å². The van der Waals surface area contributed by atoms with Crippen molar-refractivity contribution in [1.29, 1.82) is 0 Å². The number of hydrogen-bond donors (Lipinski definition) is 1. The minimum absolute atomic E-state index is 0.0269. The van der Waals surface area contributed by atoms with Crippen LogP contribution in [-0.4, -0.2) is 51.9 Å². The molecule has 2 aliphatic rings. The van der Waals surface area contributed by atoms with E-state index in [1.54, 1.807) is 38.1 Å². The zero-order valence-electron chi connectivity index (χ0n) is 20.7. The van der Waals surface area contributed by atoms with E-state index >= 15 is 4.39 Å². The molecule has 9 nitrogen and oxygen atoms in total. The molecule has 1 amide bonds. The highest BCUT2D eigenvalue weighted by Gasteiger charge is 2.38. The number of benzene rings is 3. The van der Waals surface area contributed by atoms with Crippen molar-refractivity contribution in [3.63, 3.8) is 0 Å². The van der Waals surface area contributed by atoms with Crippen molar-refractivity contribution in [2.75, 3.05) is 23.9 Å². The fourth-order valence-electron chi connectivity index (χ4n) is 4.47. The maximum atomic E-state index is 16.2. The summed E-state index contributed by atoms with van der Waals surface area (Å²) in [5.74, 6) is -1.67. The second-order valence-corrected chi connectivity index (χ2v) is 13.5. The van der Waals surface area contributed by atoms with E-state index < -0.39 is 43.8 Å². The lowest BCUT2D eigenvalue weighted by atomic mass is 10.0. The van der Waals surface area contributed by atoms with Gasteiger partial charge in [0.15, 0.2) is 5.82 Å². The Labute approximate surface area is 220 Å². The minimum atomic E-state index is -4.31. The number of amides is 1. The number of ether oxygens (including phenoxy) is 1. The van der Waals surface area contributed by atoms with E-state index in [-0.39, 0.29) is 36.5 Å². The molecule has 0 aromatic heterocycles. The SMILES string of the molecule is CC(C)S(=O)(=O)N1CC=C(c2ccc3cc(OCc4ccccc4)c(N4CC(=O)NS4(=O)=O)c(F)c3c2)C1. The molecule has 0 spiro atoms. The minimum Gasteiger partial charge on any atom is -0.487 e. The predicted molar refractivity (Wildman–Crippen MR) is 143 cm³/mol. The molecule has 0 unspecified atom stereocenters. The molecule has 12 heteroatoms. The lowest BCUT2D eigenvalue weighted by Gasteiger charge is -2.21. The van der Waals surface area contributed by atoms with Crippen LogP contribution in [0.1, 0.15) is 25.0 Å². The fraction of sp³-hybridized carbons (Fsp3) is 0.269. The van der Waals surface area contributed by atoms with E-state index in [0.717, 1.165) is 5.56 Å². The highest BCUT2D eigenvalue weighted by atomic mass is 32.2. The molecule has 0 aliphatic carbocycles. The Morgan fingerprint density at radius 1 is 1.08 bits per heavy atom. The number of rotatable bonds is 7. The first-order valence-corrected chi connectivity index (χ1v) is 14.9. The average molecular weight is 560 g/mol. The highest BCUT2D eigenvalue weighted by Crippen LogP contribution is 2.40. The van der Waals surface area contributed by atoms with Gasteiger partial charge >= 0.3 is 10.2 Å². The first-order valence-electron chi connectivity index (χ1n) is 11.9. The van der Waals surface area contributed by atoms with Gasteiger partial charge in [0.25, 0.3) is 5.91 Å². The molecule has 1 N–H and O–H groups in total. The Kier molecular flexibility index (Phi) is 6.66. The first-order chi connectivity index (χ1) is 18.0. The van der Waals surface area contributed by atoms with E-state index in [4.69, 9.17) is 4.74 Å². The van der Waals surface area contributed by atoms with Gasteiger partial charge in [0.2, 0.25) is 10.0 Å². The summed E-state index contributed by atoms with van der Waals surface area (Å²) in [5, 5.41) is 0.00395. The lowest BCUT2D eigenvalue weighted by Crippen LogP contribution is -2.34. The maximum absolute atomic E-state index is 16.2. The van der Waals surface area contributed by atoms with Crippen molar-refractivity contribution < 1.29 is 30.8 Å². The van der Waals surface area contributed by atoms with Crippen LogP contribution in [0, 0.1) is 5.82 Å².